The Bertz CT molecular complexity index is 1410. The van der Waals surface area contributed by atoms with Gasteiger partial charge >= 0.3 is 0 Å². The Kier molecular flexibility index (Phi) is 8.17. The molecule has 2 aromatic rings. The average Bonchev–Trinajstić information content (AvgIpc) is 2.92. The molecular weight excluding hydrogens is 572 g/mol. The molecule has 2 aromatic carbocycles. The van der Waals surface area contributed by atoms with Gasteiger partial charge in [-0.2, -0.15) is 0 Å². The SMILES string of the molecule is CCN1C2=C(C(=O)CCC2)C(c2cc(Br)c(OCC(=O)Nc3ccc(C)cc3C)c(OC)c2)C2=C1CCCC2=O. The summed E-state index contributed by atoms with van der Waals surface area (Å²) in [5.41, 5.74) is 7.21. The van der Waals surface area contributed by atoms with E-state index in [0.29, 0.717) is 28.8 Å². The van der Waals surface area contributed by atoms with Crippen LogP contribution < -0.4 is 14.8 Å². The van der Waals surface area contributed by atoms with E-state index in [4.69, 9.17) is 9.47 Å². The van der Waals surface area contributed by atoms with Gasteiger partial charge in [0.2, 0.25) is 0 Å². The first kappa shape index (κ1) is 28.1. The molecule has 0 atom stereocenters. The highest BCUT2D eigenvalue weighted by atomic mass is 79.9. The first-order valence-corrected chi connectivity index (χ1v) is 14.7. The highest BCUT2D eigenvalue weighted by molar-refractivity contribution is 9.10. The number of carbonyl (C=O) groups is 3. The minimum Gasteiger partial charge on any atom is -0.493 e. The lowest BCUT2D eigenvalue weighted by Crippen LogP contribution is -2.39. The van der Waals surface area contributed by atoms with Gasteiger partial charge in [-0.3, -0.25) is 14.4 Å². The summed E-state index contributed by atoms with van der Waals surface area (Å²) in [4.78, 5) is 41.7. The molecule has 0 fully saturated rings. The predicted octanol–water partition coefficient (Wildman–Crippen LogP) is 6.53. The highest BCUT2D eigenvalue weighted by Gasteiger charge is 2.43. The van der Waals surface area contributed by atoms with Gasteiger partial charge in [-0.25, -0.2) is 0 Å². The molecule has 8 heteroatoms. The number of hydrogen-bond donors (Lipinski definition) is 1. The van der Waals surface area contributed by atoms with Crippen molar-refractivity contribution in [2.24, 2.45) is 0 Å². The number of nitrogens with zero attached hydrogens (tertiary/aromatic N) is 1. The number of anilines is 1. The molecular formula is C32H35BrN2O5. The van der Waals surface area contributed by atoms with Crippen LogP contribution in [0, 0.1) is 13.8 Å². The van der Waals surface area contributed by atoms with Gasteiger partial charge in [0, 0.05) is 53.5 Å². The van der Waals surface area contributed by atoms with E-state index in [9.17, 15) is 14.4 Å². The van der Waals surface area contributed by atoms with Crippen LogP contribution >= 0.6 is 15.9 Å². The third kappa shape index (κ3) is 5.21. The normalized spacial score (nSPS) is 17.6. The van der Waals surface area contributed by atoms with Gasteiger partial charge in [-0.15, -0.1) is 0 Å². The second-order valence-corrected chi connectivity index (χ2v) is 11.5. The molecule has 1 amide bonds. The predicted molar refractivity (Wildman–Crippen MR) is 158 cm³/mol. The third-order valence-corrected chi connectivity index (χ3v) is 8.58. The average molecular weight is 608 g/mol. The Morgan fingerprint density at radius 3 is 2.23 bits per heavy atom. The molecule has 0 saturated heterocycles. The van der Waals surface area contributed by atoms with Crippen LogP contribution in [0.5, 0.6) is 11.5 Å². The number of methoxy groups -OCH3 is 1. The summed E-state index contributed by atoms with van der Waals surface area (Å²) in [7, 11) is 1.54. The van der Waals surface area contributed by atoms with E-state index in [1.807, 2.05) is 44.2 Å². The number of ether oxygens (including phenoxy) is 2. The molecule has 0 saturated carbocycles. The number of carbonyl (C=O) groups excluding carboxylic acids is 3. The van der Waals surface area contributed by atoms with Crippen LogP contribution in [0.15, 0.2) is 57.3 Å². The zero-order valence-corrected chi connectivity index (χ0v) is 25.1. The Morgan fingerprint density at radius 2 is 1.65 bits per heavy atom. The number of ketones is 2. The minimum atomic E-state index is -0.444. The zero-order valence-electron chi connectivity index (χ0n) is 23.5. The number of aryl methyl sites for hydroxylation is 2. The molecule has 1 aliphatic heterocycles. The Hall–Kier alpha value is -3.39. The Labute approximate surface area is 243 Å². The van der Waals surface area contributed by atoms with Gasteiger partial charge in [-0.05, 0) is 91.7 Å². The third-order valence-electron chi connectivity index (χ3n) is 7.99. The summed E-state index contributed by atoms with van der Waals surface area (Å²) in [5.74, 6) is 0.294. The van der Waals surface area contributed by atoms with Crippen molar-refractivity contribution >= 4 is 39.1 Å². The van der Waals surface area contributed by atoms with E-state index in [-0.39, 0.29) is 24.1 Å². The van der Waals surface area contributed by atoms with Gasteiger partial charge in [0.25, 0.3) is 5.91 Å². The number of halogens is 1. The van der Waals surface area contributed by atoms with E-state index >= 15 is 0 Å². The van der Waals surface area contributed by atoms with Gasteiger partial charge in [0.05, 0.1) is 11.6 Å². The summed E-state index contributed by atoms with van der Waals surface area (Å²) >= 11 is 3.62. The largest absolute Gasteiger partial charge is 0.493 e. The zero-order chi connectivity index (χ0) is 28.6. The molecule has 1 N–H and O–H groups in total. The van der Waals surface area contributed by atoms with Gasteiger partial charge in [-0.1, -0.05) is 17.7 Å². The van der Waals surface area contributed by atoms with Gasteiger partial charge < -0.3 is 19.7 Å². The topological polar surface area (TPSA) is 84.9 Å². The first-order valence-electron chi connectivity index (χ1n) is 13.9. The number of rotatable bonds is 7. The van der Waals surface area contributed by atoms with Crippen molar-refractivity contribution in [3.8, 4) is 11.5 Å². The summed E-state index contributed by atoms with van der Waals surface area (Å²) in [6.07, 6.45) is 4.26. The number of allylic oxidation sites excluding steroid dienone is 4. The standard InChI is InChI=1S/C32H35BrN2O5/c1-5-35-23-8-6-10-25(36)30(23)29(31-24(35)9-7-11-26(31)37)20-15-21(33)32(27(16-20)39-4)40-17-28(38)34-22-13-12-18(2)14-19(22)3/h12-16,29H,5-11,17H2,1-4H3,(H,34,38). The van der Waals surface area contributed by atoms with Crippen molar-refractivity contribution in [2.45, 2.75) is 65.2 Å². The molecule has 2 aliphatic carbocycles. The van der Waals surface area contributed by atoms with E-state index in [0.717, 1.165) is 77.1 Å². The van der Waals surface area contributed by atoms with Crippen LogP contribution in [-0.2, 0) is 14.4 Å². The first-order chi connectivity index (χ1) is 19.2. The second kappa shape index (κ2) is 11.6. The summed E-state index contributed by atoms with van der Waals surface area (Å²) in [5, 5.41) is 2.90. The maximum Gasteiger partial charge on any atom is 0.262 e. The van der Waals surface area contributed by atoms with Crippen molar-refractivity contribution in [3.63, 3.8) is 0 Å². The van der Waals surface area contributed by atoms with E-state index in [1.54, 1.807) is 7.11 Å². The lowest BCUT2D eigenvalue weighted by Gasteiger charge is -2.43. The molecule has 1 heterocycles. The highest BCUT2D eigenvalue weighted by Crippen LogP contribution is 2.51. The van der Waals surface area contributed by atoms with Crippen molar-refractivity contribution in [1.29, 1.82) is 0 Å². The summed E-state index contributed by atoms with van der Waals surface area (Å²) < 4.78 is 12.2. The van der Waals surface area contributed by atoms with Crippen LogP contribution in [0.4, 0.5) is 5.69 Å². The maximum absolute atomic E-state index is 13.4. The number of hydrogen-bond acceptors (Lipinski definition) is 6. The number of Topliss-reactive ketones (excluding diaryl/α,β-unsaturated/α-hetero) is 2. The quantitative estimate of drug-likeness (QED) is 0.386. The summed E-state index contributed by atoms with van der Waals surface area (Å²) in [6, 6.07) is 9.57. The fraction of sp³-hybridized carbons (Fsp3) is 0.406. The summed E-state index contributed by atoms with van der Waals surface area (Å²) in [6.45, 7) is 6.55. The van der Waals surface area contributed by atoms with E-state index in [2.05, 4.69) is 33.1 Å². The molecule has 5 rings (SSSR count). The van der Waals surface area contributed by atoms with Crippen molar-refractivity contribution in [2.75, 3.05) is 25.6 Å². The lowest BCUT2D eigenvalue weighted by molar-refractivity contribution is -0.118. The van der Waals surface area contributed by atoms with Crippen LogP contribution in [0.2, 0.25) is 0 Å². The number of benzene rings is 2. The van der Waals surface area contributed by atoms with E-state index in [1.165, 1.54) is 0 Å². The smallest absolute Gasteiger partial charge is 0.262 e. The number of amides is 1. The fourth-order valence-corrected chi connectivity index (χ4v) is 6.83. The number of nitrogens with one attached hydrogen (secondary N) is 1. The monoisotopic (exact) mass is 606 g/mol. The molecule has 0 spiro atoms. The maximum atomic E-state index is 13.4. The van der Waals surface area contributed by atoms with Crippen molar-refractivity contribution in [3.05, 3.63) is 74.0 Å². The molecule has 40 heavy (non-hydrogen) atoms. The molecule has 0 bridgehead atoms. The van der Waals surface area contributed by atoms with Gasteiger partial charge in [0.1, 0.15) is 0 Å². The van der Waals surface area contributed by atoms with E-state index < -0.39 is 5.92 Å². The molecule has 7 nitrogen and oxygen atoms in total. The van der Waals surface area contributed by atoms with Crippen molar-refractivity contribution in [1.82, 2.24) is 4.90 Å². The van der Waals surface area contributed by atoms with Crippen LogP contribution in [0.3, 0.4) is 0 Å². The minimum absolute atomic E-state index is 0.105. The lowest BCUT2D eigenvalue weighted by atomic mass is 9.71. The second-order valence-electron chi connectivity index (χ2n) is 10.6. The molecule has 3 aliphatic rings. The fourth-order valence-electron chi connectivity index (χ4n) is 6.26. The van der Waals surface area contributed by atoms with Crippen LogP contribution in [0.25, 0.3) is 0 Å². The molecule has 0 aromatic heterocycles. The van der Waals surface area contributed by atoms with Crippen LogP contribution in [0.1, 0.15) is 68.1 Å². The molecule has 210 valence electrons. The molecule has 0 radical (unpaired) electrons. The van der Waals surface area contributed by atoms with Crippen molar-refractivity contribution < 1.29 is 23.9 Å². The van der Waals surface area contributed by atoms with Crippen LogP contribution in [-0.4, -0.2) is 42.6 Å². The Morgan fingerprint density at radius 1 is 1.00 bits per heavy atom. The Balaban J connectivity index is 1.48. The molecule has 0 unspecified atom stereocenters. The van der Waals surface area contributed by atoms with Gasteiger partial charge in [0.15, 0.2) is 29.7 Å².